The van der Waals surface area contributed by atoms with E-state index >= 15 is 0 Å². The summed E-state index contributed by atoms with van der Waals surface area (Å²) in [6.07, 6.45) is 0. The van der Waals surface area contributed by atoms with E-state index < -0.39 is 0 Å². The number of thioether (sulfide) groups is 1. The van der Waals surface area contributed by atoms with Gasteiger partial charge in [-0.25, -0.2) is 0 Å². The first kappa shape index (κ1) is 20.2. The van der Waals surface area contributed by atoms with E-state index in [1.54, 1.807) is 13.2 Å². The van der Waals surface area contributed by atoms with Crippen molar-refractivity contribution in [3.63, 3.8) is 0 Å². The number of carbonyl (C=O) groups excluding carboxylic acids is 1. The second-order valence-corrected chi connectivity index (χ2v) is 7.97. The zero-order valence-electron chi connectivity index (χ0n) is 16.1. The van der Waals surface area contributed by atoms with Crippen LogP contribution in [0.3, 0.4) is 0 Å². The summed E-state index contributed by atoms with van der Waals surface area (Å²) in [5, 5.41) is 12.4. The number of ether oxygens (including phenoxy) is 1. The van der Waals surface area contributed by atoms with E-state index in [9.17, 15) is 4.79 Å². The second-order valence-electron chi connectivity index (χ2n) is 6.26. The molecule has 8 heteroatoms. The van der Waals surface area contributed by atoms with Crippen molar-refractivity contribution in [2.24, 2.45) is 7.05 Å². The van der Waals surface area contributed by atoms with E-state index in [0.29, 0.717) is 15.9 Å². The average Bonchev–Trinajstić information content (AvgIpc) is 3.05. The largest absolute Gasteiger partial charge is 0.497 e. The molecule has 0 aliphatic heterocycles. The third-order valence-electron chi connectivity index (χ3n) is 4.36. The van der Waals surface area contributed by atoms with Crippen LogP contribution < -0.4 is 10.1 Å². The molecule has 0 bridgehead atoms. The Morgan fingerprint density at radius 1 is 1.21 bits per heavy atom. The van der Waals surface area contributed by atoms with Gasteiger partial charge in [0.15, 0.2) is 11.0 Å². The highest BCUT2D eigenvalue weighted by molar-refractivity contribution is 8.00. The van der Waals surface area contributed by atoms with Crippen LogP contribution in [0.1, 0.15) is 12.5 Å². The Balaban J connectivity index is 1.71. The molecule has 0 saturated heterocycles. The molecule has 1 unspecified atom stereocenters. The third kappa shape index (κ3) is 4.31. The molecule has 1 atom stereocenters. The van der Waals surface area contributed by atoms with Crippen molar-refractivity contribution < 1.29 is 9.53 Å². The first-order valence-corrected chi connectivity index (χ1v) is 9.93. The Labute approximate surface area is 173 Å². The molecule has 28 heavy (non-hydrogen) atoms. The van der Waals surface area contributed by atoms with Gasteiger partial charge in [0.1, 0.15) is 5.75 Å². The minimum atomic E-state index is -0.356. The highest BCUT2D eigenvalue weighted by Crippen LogP contribution is 2.28. The molecule has 3 rings (SSSR count). The van der Waals surface area contributed by atoms with E-state index in [-0.39, 0.29) is 11.2 Å². The maximum atomic E-state index is 12.6. The van der Waals surface area contributed by atoms with E-state index in [2.05, 4.69) is 15.5 Å². The van der Waals surface area contributed by atoms with Crippen molar-refractivity contribution in [3.8, 4) is 17.1 Å². The molecule has 1 heterocycles. The van der Waals surface area contributed by atoms with Crippen molar-refractivity contribution in [1.29, 1.82) is 0 Å². The van der Waals surface area contributed by atoms with Crippen molar-refractivity contribution in [1.82, 2.24) is 14.8 Å². The van der Waals surface area contributed by atoms with Gasteiger partial charge >= 0.3 is 0 Å². The summed E-state index contributed by atoms with van der Waals surface area (Å²) in [7, 11) is 3.51. The van der Waals surface area contributed by atoms with Crippen LogP contribution in [0.4, 0.5) is 5.69 Å². The number of nitrogens with one attached hydrogen (secondary N) is 1. The zero-order chi connectivity index (χ0) is 20.3. The Bertz CT molecular complexity index is 988. The molecule has 1 N–H and O–H groups in total. The lowest BCUT2D eigenvalue weighted by molar-refractivity contribution is -0.115. The van der Waals surface area contributed by atoms with E-state index in [4.69, 9.17) is 16.3 Å². The van der Waals surface area contributed by atoms with Gasteiger partial charge in [0.25, 0.3) is 0 Å². The first-order valence-electron chi connectivity index (χ1n) is 8.67. The molecule has 0 radical (unpaired) electrons. The second kappa shape index (κ2) is 8.67. The lowest BCUT2D eigenvalue weighted by Crippen LogP contribution is -2.23. The van der Waals surface area contributed by atoms with Crippen LogP contribution in [0.5, 0.6) is 5.75 Å². The predicted molar refractivity (Wildman–Crippen MR) is 113 cm³/mol. The molecule has 1 amide bonds. The molecule has 6 nitrogen and oxygen atoms in total. The van der Waals surface area contributed by atoms with Crippen molar-refractivity contribution in [2.45, 2.75) is 24.3 Å². The maximum absolute atomic E-state index is 12.6. The summed E-state index contributed by atoms with van der Waals surface area (Å²) >= 11 is 7.47. The number of nitrogens with zero attached hydrogens (tertiary/aromatic N) is 3. The summed E-state index contributed by atoms with van der Waals surface area (Å²) in [5.74, 6) is 1.38. The molecule has 0 spiro atoms. The van der Waals surface area contributed by atoms with Crippen LogP contribution >= 0.6 is 23.4 Å². The fourth-order valence-corrected chi connectivity index (χ4v) is 3.59. The number of benzene rings is 2. The van der Waals surface area contributed by atoms with Gasteiger partial charge in [-0.05, 0) is 55.8 Å². The molecule has 3 aromatic rings. The molecule has 1 aromatic heterocycles. The first-order chi connectivity index (χ1) is 13.4. The average molecular weight is 417 g/mol. The predicted octanol–water partition coefficient (Wildman–Crippen LogP) is 4.57. The Kier molecular flexibility index (Phi) is 6.26. The Morgan fingerprint density at radius 2 is 1.93 bits per heavy atom. The minimum Gasteiger partial charge on any atom is -0.497 e. The standard InChI is InChI=1S/C20H21ClN4O2S/c1-12-16(21)6-5-7-17(12)22-19(26)13(2)28-20-24-23-18(25(20)3)14-8-10-15(27-4)11-9-14/h5-11,13H,1-4H3,(H,22,26). The van der Waals surface area contributed by atoms with Gasteiger partial charge in [-0.3, -0.25) is 4.79 Å². The lowest BCUT2D eigenvalue weighted by Gasteiger charge is -2.14. The van der Waals surface area contributed by atoms with Crippen molar-refractivity contribution >= 4 is 35.0 Å². The summed E-state index contributed by atoms with van der Waals surface area (Å²) in [6.45, 7) is 3.71. The molecule has 0 fully saturated rings. The Morgan fingerprint density at radius 3 is 2.61 bits per heavy atom. The molecule has 0 saturated carbocycles. The normalized spacial score (nSPS) is 11.9. The molecular formula is C20H21ClN4O2S. The highest BCUT2D eigenvalue weighted by Gasteiger charge is 2.20. The maximum Gasteiger partial charge on any atom is 0.237 e. The highest BCUT2D eigenvalue weighted by atomic mass is 35.5. The topological polar surface area (TPSA) is 69.0 Å². The Hall–Kier alpha value is -2.51. The number of hydrogen-bond donors (Lipinski definition) is 1. The van der Waals surface area contributed by atoms with Crippen LogP contribution in [0.15, 0.2) is 47.6 Å². The van der Waals surface area contributed by atoms with E-state index in [0.717, 1.165) is 22.7 Å². The SMILES string of the molecule is COc1ccc(-c2nnc(SC(C)C(=O)Nc3cccc(Cl)c3C)n2C)cc1. The van der Waals surface area contributed by atoms with Gasteiger partial charge in [0.2, 0.25) is 5.91 Å². The van der Waals surface area contributed by atoms with Gasteiger partial charge in [-0.15, -0.1) is 10.2 Å². The number of carbonyl (C=O) groups is 1. The third-order valence-corrected chi connectivity index (χ3v) is 5.90. The van der Waals surface area contributed by atoms with Crippen LogP contribution in [0.25, 0.3) is 11.4 Å². The summed E-state index contributed by atoms with van der Waals surface area (Å²) < 4.78 is 7.06. The summed E-state index contributed by atoms with van der Waals surface area (Å²) in [4.78, 5) is 12.6. The molecule has 2 aromatic carbocycles. The number of amides is 1. The van der Waals surface area contributed by atoms with Gasteiger partial charge in [0.05, 0.1) is 12.4 Å². The number of methoxy groups -OCH3 is 1. The number of halogens is 1. The number of rotatable bonds is 6. The lowest BCUT2D eigenvalue weighted by atomic mass is 10.2. The quantitative estimate of drug-likeness (QED) is 0.596. The van der Waals surface area contributed by atoms with Gasteiger partial charge in [0, 0.05) is 23.3 Å². The molecule has 0 aliphatic rings. The summed E-state index contributed by atoms with van der Waals surface area (Å²) in [6, 6.07) is 13.0. The van der Waals surface area contributed by atoms with Crippen LogP contribution in [0, 0.1) is 6.92 Å². The van der Waals surface area contributed by atoms with Crippen molar-refractivity contribution in [2.75, 3.05) is 12.4 Å². The summed E-state index contributed by atoms with van der Waals surface area (Å²) in [5.41, 5.74) is 2.48. The van der Waals surface area contributed by atoms with Crippen LogP contribution in [-0.2, 0) is 11.8 Å². The van der Waals surface area contributed by atoms with Gasteiger partial charge in [-0.2, -0.15) is 0 Å². The number of hydrogen-bond acceptors (Lipinski definition) is 5. The zero-order valence-corrected chi connectivity index (χ0v) is 17.6. The molecular weight excluding hydrogens is 396 g/mol. The van der Waals surface area contributed by atoms with Crippen molar-refractivity contribution in [3.05, 3.63) is 53.1 Å². The van der Waals surface area contributed by atoms with Gasteiger partial charge < -0.3 is 14.6 Å². The minimum absolute atomic E-state index is 0.121. The number of aromatic nitrogens is 3. The van der Waals surface area contributed by atoms with Crippen LogP contribution in [0.2, 0.25) is 5.02 Å². The molecule has 0 aliphatic carbocycles. The molecule has 146 valence electrons. The fraction of sp³-hybridized carbons (Fsp3) is 0.250. The number of anilines is 1. The monoisotopic (exact) mass is 416 g/mol. The van der Waals surface area contributed by atoms with Gasteiger partial charge in [-0.1, -0.05) is 29.4 Å². The van der Waals surface area contributed by atoms with E-state index in [1.807, 2.05) is 61.9 Å². The van der Waals surface area contributed by atoms with Crippen LogP contribution in [-0.4, -0.2) is 33.0 Å². The van der Waals surface area contributed by atoms with E-state index in [1.165, 1.54) is 11.8 Å². The smallest absolute Gasteiger partial charge is 0.237 e. The fourth-order valence-electron chi connectivity index (χ4n) is 2.60.